The smallest absolute Gasteiger partial charge is 0.264 e. The number of rotatable bonds is 5. The Bertz CT molecular complexity index is 575. The van der Waals surface area contributed by atoms with Crippen LogP contribution in [0.25, 0.3) is 0 Å². The number of ether oxygens (including phenoxy) is 1. The zero-order valence-corrected chi connectivity index (χ0v) is 14.2. The van der Waals surface area contributed by atoms with E-state index in [1.54, 1.807) is 6.07 Å². The molecule has 2 aliphatic rings. The maximum absolute atomic E-state index is 12.4. The Hall–Kier alpha value is -1.69. The van der Waals surface area contributed by atoms with Crippen LogP contribution in [0.15, 0.2) is 16.9 Å². The van der Waals surface area contributed by atoms with Gasteiger partial charge in [0.15, 0.2) is 0 Å². The molecule has 132 valence electrons. The lowest BCUT2D eigenvalue weighted by molar-refractivity contribution is -0.139. The number of nitrogens with one attached hydrogen (secondary N) is 1. The molecule has 24 heavy (non-hydrogen) atoms. The number of H-pyrrole nitrogens is 1. The van der Waals surface area contributed by atoms with E-state index < -0.39 is 0 Å². The van der Waals surface area contributed by atoms with E-state index in [-0.39, 0.29) is 17.6 Å². The highest BCUT2D eigenvalue weighted by Gasteiger charge is 2.27. The van der Waals surface area contributed by atoms with Crippen molar-refractivity contribution in [3.8, 4) is 0 Å². The van der Waals surface area contributed by atoms with E-state index in [2.05, 4.69) is 10.2 Å². The quantitative estimate of drug-likeness (QED) is 0.893. The Kier molecular flexibility index (Phi) is 6.01. The van der Waals surface area contributed by atoms with Gasteiger partial charge >= 0.3 is 0 Å². The van der Waals surface area contributed by atoms with E-state index in [1.165, 1.54) is 38.2 Å². The molecule has 1 amide bonds. The van der Waals surface area contributed by atoms with Crippen LogP contribution >= 0.6 is 0 Å². The fraction of sp³-hybridized carbons (Fsp3) is 0.722. The first-order valence-electron chi connectivity index (χ1n) is 9.14. The summed E-state index contributed by atoms with van der Waals surface area (Å²) in [7, 11) is 0. The molecule has 0 bridgehead atoms. The standard InChI is InChI=1S/C18H27N3O3/c22-17-8-6-15(19-20-17)7-9-18(23)21-10-11-24-16(13-21)12-14-4-2-1-3-5-14/h6,8,14,16H,1-5,7,9-13H2,(H,20,22). The number of carbonyl (C=O) groups is 1. The molecule has 1 aliphatic heterocycles. The van der Waals surface area contributed by atoms with Crippen molar-refractivity contribution < 1.29 is 9.53 Å². The molecule has 1 unspecified atom stereocenters. The lowest BCUT2D eigenvalue weighted by Crippen LogP contribution is -2.46. The molecule has 3 rings (SSSR count). The van der Waals surface area contributed by atoms with Crippen molar-refractivity contribution in [2.75, 3.05) is 19.7 Å². The number of aromatic nitrogens is 2. The van der Waals surface area contributed by atoms with E-state index in [0.29, 0.717) is 32.5 Å². The first kappa shape index (κ1) is 17.1. The molecule has 1 saturated heterocycles. The summed E-state index contributed by atoms with van der Waals surface area (Å²) in [5.41, 5.74) is 0.527. The van der Waals surface area contributed by atoms with Crippen LogP contribution in [0, 0.1) is 5.92 Å². The van der Waals surface area contributed by atoms with Crippen molar-refractivity contribution in [3.63, 3.8) is 0 Å². The molecule has 6 heteroatoms. The summed E-state index contributed by atoms with van der Waals surface area (Å²) in [6, 6.07) is 3.12. The minimum atomic E-state index is -0.219. The van der Waals surface area contributed by atoms with Crippen LogP contribution in [-0.4, -0.2) is 46.8 Å². The number of hydrogen-bond acceptors (Lipinski definition) is 4. The molecule has 1 aromatic rings. The maximum Gasteiger partial charge on any atom is 0.264 e. The van der Waals surface area contributed by atoms with Crippen molar-refractivity contribution in [1.29, 1.82) is 0 Å². The van der Waals surface area contributed by atoms with Gasteiger partial charge in [-0.15, -0.1) is 0 Å². The third-order valence-electron chi connectivity index (χ3n) is 5.14. The van der Waals surface area contributed by atoms with Crippen molar-refractivity contribution in [3.05, 3.63) is 28.2 Å². The topological polar surface area (TPSA) is 75.3 Å². The molecule has 2 fully saturated rings. The van der Waals surface area contributed by atoms with Crippen LogP contribution in [0.2, 0.25) is 0 Å². The lowest BCUT2D eigenvalue weighted by Gasteiger charge is -2.35. The van der Waals surface area contributed by atoms with Gasteiger partial charge in [-0.2, -0.15) is 5.10 Å². The van der Waals surface area contributed by atoms with Gasteiger partial charge in [0.25, 0.3) is 5.56 Å². The highest BCUT2D eigenvalue weighted by atomic mass is 16.5. The van der Waals surface area contributed by atoms with Gasteiger partial charge < -0.3 is 9.64 Å². The summed E-state index contributed by atoms with van der Waals surface area (Å²) < 4.78 is 5.89. The maximum atomic E-state index is 12.4. The summed E-state index contributed by atoms with van der Waals surface area (Å²) in [6.45, 7) is 2.04. The monoisotopic (exact) mass is 333 g/mol. The highest BCUT2D eigenvalue weighted by molar-refractivity contribution is 5.76. The highest BCUT2D eigenvalue weighted by Crippen LogP contribution is 2.29. The van der Waals surface area contributed by atoms with Gasteiger partial charge in [0.1, 0.15) is 0 Å². The Morgan fingerprint density at radius 1 is 1.29 bits per heavy atom. The number of hydrogen-bond donors (Lipinski definition) is 1. The van der Waals surface area contributed by atoms with Crippen LogP contribution in [0.3, 0.4) is 0 Å². The molecule has 6 nitrogen and oxygen atoms in total. The van der Waals surface area contributed by atoms with Crippen LogP contribution < -0.4 is 5.56 Å². The van der Waals surface area contributed by atoms with Crippen LogP contribution in [0.1, 0.15) is 50.6 Å². The van der Waals surface area contributed by atoms with Gasteiger partial charge in [-0.25, -0.2) is 5.10 Å². The van der Waals surface area contributed by atoms with Crippen molar-refractivity contribution >= 4 is 5.91 Å². The average molecular weight is 333 g/mol. The number of morpholine rings is 1. The second kappa shape index (κ2) is 8.42. The van der Waals surface area contributed by atoms with Crippen molar-refractivity contribution in [1.82, 2.24) is 15.1 Å². The summed E-state index contributed by atoms with van der Waals surface area (Å²) in [5, 5.41) is 6.36. The third kappa shape index (κ3) is 4.90. The van der Waals surface area contributed by atoms with E-state index in [0.717, 1.165) is 18.0 Å². The minimum Gasteiger partial charge on any atom is -0.375 e. The second-order valence-electron chi connectivity index (χ2n) is 6.98. The molecule has 1 aromatic heterocycles. The fourth-order valence-corrected chi connectivity index (χ4v) is 3.79. The number of nitrogens with zero attached hydrogens (tertiary/aromatic N) is 2. The summed E-state index contributed by atoms with van der Waals surface area (Å²) in [4.78, 5) is 25.4. The number of amides is 1. The molecular formula is C18H27N3O3. The average Bonchev–Trinajstić information content (AvgIpc) is 2.62. The van der Waals surface area contributed by atoms with Crippen LogP contribution in [0.5, 0.6) is 0 Å². The van der Waals surface area contributed by atoms with Gasteiger partial charge in [0, 0.05) is 32.0 Å². The normalized spacial score (nSPS) is 22.5. The summed E-state index contributed by atoms with van der Waals surface area (Å²) in [5.74, 6) is 0.920. The predicted molar refractivity (Wildman–Crippen MR) is 90.7 cm³/mol. The SMILES string of the molecule is O=C(CCc1ccc(=O)[nH]n1)N1CCOC(CC2CCCCC2)C1. The molecule has 0 spiro atoms. The minimum absolute atomic E-state index is 0.153. The molecule has 1 N–H and O–H groups in total. The molecule has 0 radical (unpaired) electrons. The first-order chi connectivity index (χ1) is 11.7. The van der Waals surface area contributed by atoms with Gasteiger partial charge in [0.05, 0.1) is 18.4 Å². The molecule has 1 aliphatic carbocycles. The first-order valence-corrected chi connectivity index (χ1v) is 9.14. The van der Waals surface area contributed by atoms with Gasteiger partial charge in [-0.3, -0.25) is 9.59 Å². The molecular weight excluding hydrogens is 306 g/mol. The van der Waals surface area contributed by atoms with Gasteiger partial charge in [0.2, 0.25) is 5.91 Å². The van der Waals surface area contributed by atoms with Gasteiger partial charge in [-0.05, 0) is 18.4 Å². The molecule has 1 atom stereocenters. The van der Waals surface area contributed by atoms with E-state index >= 15 is 0 Å². The molecule has 1 saturated carbocycles. The molecule has 2 heterocycles. The third-order valence-corrected chi connectivity index (χ3v) is 5.14. The van der Waals surface area contributed by atoms with Crippen LogP contribution in [-0.2, 0) is 16.0 Å². The largest absolute Gasteiger partial charge is 0.375 e. The Labute approximate surface area is 142 Å². The van der Waals surface area contributed by atoms with Crippen molar-refractivity contribution in [2.24, 2.45) is 5.92 Å². The predicted octanol–water partition coefficient (Wildman–Crippen LogP) is 1.90. The van der Waals surface area contributed by atoms with E-state index in [4.69, 9.17) is 4.74 Å². The summed E-state index contributed by atoms with van der Waals surface area (Å²) >= 11 is 0. The number of aryl methyl sites for hydroxylation is 1. The number of carbonyl (C=O) groups excluding carboxylic acids is 1. The van der Waals surface area contributed by atoms with Crippen LogP contribution in [0.4, 0.5) is 0 Å². The Morgan fingerprint density at radius 3 is 2.88 bits per heavy atom. The lowest BCUT2D eigenvalue weighted by atomic mass is 9.85. The Morgan fingerprint density at radius 2 is 2.12 bits per heavy atom. The fourth-order valence-electron chi connectivity index (χ4n) is 3.79. The molecule has 0 aromatic carbocycles. The Balaban J connectivity index is 1.45. The zero-order chi connectivity index (χ0) is 16.8. The zero-order valence-electron chi connectivity index (χ0n) is 14.2. The van der Waals surface area contributed by atoms with E-state index in [9.17, 15) is 9.59 Å². The van der Waals surface area contributed by atoms with Gasteiger partial charge in [-0.1, -0.05) is 32.1 Å². The summed E-state index contributed by atoms with van der Waals surface area (Å²) in [6.07, 6.45) is 8.93. The number of aromatic amines is 1. The van der Waals surface area contributed by atoms with E-state index in [1.807, 2.05) is 4.90 Å². The van der Waals surface area contributed by atoms with Crippen molar-refractivity contribution in [2.45, 2.75) is 57.5 Å². The second-order valence-corrected chi connectivity index (χ2v) is 6.98.